The molecule has 1 amide bonds. The number of amides is 1. The minimum absolute atomic E-state index is 0.109. The lowest BCUT2D eigenvalue weighted by Crippen LogP contribution is -2.49. The lowest BCUT2D eigenvalue weighted by Gasteiger charge is -2.36. The Morgan fingerprint density at radius 3 is 2.31 bits per heavy atom. The molecule has 2 aromatic rings. The van der Waals surface area contributed by atoms with Crippen LogP contribution in [0.1, 0.15) is 12.0 Å². The van der Waals surface area contributed by atoms with E-state index < -0.39 is 11.7 Å². The van der Waals surface area contributed by atoms with Crippen LogP contribution in [-0.2, 0) is 11.0 Å². The maximum Gasteiger partial charge on any atom is 0.417 e. The van der Waals surface area contributed by atoms with Gasteiger partial charge in [-0.3, -0.25) is 4.79 Å². The van der Waals surface area contributed by atoms with Gasteiger partial charge in [-0.15, -0.1) is 0 Å². The smallest absolute Gasteiger partial charge is 0.417 e. The fourth-order valence-electron chi connectivity index (χ4n) is 3.12. The lowest BCUT2D eigenvalue weighted by molar-refractivity contribution is -0.137. The second-order valence-corrected chi connectivity index (χ2v) is 6.93. The Morgan fingerprint density at radius 2 is 1.69 bits per heavy atom. The Morgan fingerprint density at radius 1 is 1.03 bits per heavy atom. The number of piperazine rings is 1. The number of rotatable bonds is 5. The number of nitrogens with zero attached hydrogens (tertiary/aromatic N) is 2. The van der Waals surface area contributed by atoms with E-state index in [4.69, 9.17) is 16.3 Å². The van der Waals surface area contributed by atoms with Gasteiger partial charge in [0.1, 0.15) is 11.6 Å². The minimum Gasteiger partial charge on any atom is -0.493 e. The molecule has 0 aromatic heterocycles. The molecule has 0 atom stereocenters. The van der Waals surface area contributed by atoms with Gasteiger partial charge in [-0.1, -0.05) is 17.7 Å². The molecule has 0 unspecified atom stereocenters. The van der Waals surface area contributed by atoms with Gasteiger partial charge < -0.3 is 14.5 Å². The van der Waals surface area contributed by atoms with E-state index in [0.717, 1.165) is 6.07 Å². The van der Waals surface area contributed by atoms with Crippen molar-refractivity contribution in [2.24, 2.45) is 0 Å². The summed E-state index contributed by atoms with van der Waals surface area (Å²) in [6, 6.07) is 9.34. The largest absolute Gasteiger partial charge is 0.493 e. The van der Waals surface area contributed by atoms with Crippen molar-refractivity contribution in [3.05, 3.63) is 58.9 Å². The molecule has 0 bridgehead atoms. The fourth-order valence-corrected chi connectivity index (χ4v) is 3.48. The first-order valence-electron chi connectivity index (χ1n) is 9.02. The monoisotopic (exact) mass is 430 g/mol. The van der Waals surface area contributed by atoms with Gasteiger partial charge in [0, 0.05) is 26.2 Å². The first-order valence-corrected chi connectivity index (χ1v) is 9.40. The van der Waals surface area contributed by atoms with Crippen LogP contribution in [0.15, 0.2) is 42.5 Å². The Kier molecular flexibility index (Phi) is 6.52. The van der Waals surface area contributed by atoms with Crippen molar-refractivity contribution in [3.63, 3.8) is 0 Å². The standard InChI is InChI=1S/C20H19ClF4N2O2/c21-19-16(20(23,24)25)2-1-3-17(19)26-9-11-27(12-10-26)18(28)8-13-29-15-6-4-14(22)5-7-15/h1-7H,8-13H2. The van der Waals surface area contributed by atoms with Crippen molar-refractivity contribution in [1.82, 2.24) is 4.90 Å². The van der Waals surface area contributed by atoms with Gasteiger partial charge in [0.15, 0.2) is 0 Å². The number of hydrogen-bond acceptors (Lipinski definition) is 3. The number of benzene rings is 2. The summed E-state index contributed by atoms with van der Waals surface area (Å²) in [6.45, 7) is 1.67. The first-order chi connectivity index (χ1) is 13.8. The predicted octanol–water partition coefficient (Wildman–Crippen LogP) is 4.62. The first kappa shape index (κ1) is 21.2. The second kappa shape index (κ2) is 8.90. The van der Waals surface area contributed by atoms with E-state index in [1.807, 2.05) is 0 Å². The average Bonchev–Trinajstić information content (AvgIpc) is 2.69. The fraction of sp³-hybridized carbons (Fsp3) is 0.350. The Hall–Kier alpha value is -2.48. The molecule has 1 saturated heterocycles. The summed E-state index contributed by atoms with van der Waals surface area (Å²) in [7, 11) is 0. The maximum atomic E-state index is 13.0. The second-order valence-electron chi connectivity index (χ2n) is 6.56. The predicted molar refractivity (Wildman–Crippen MR) is 102 cm³/mol. The molecule has 3 rings (SSSR count). The highest BCUT2D eigenvalue weighted by molar-refractivity contribution is 6.34. The molecule has 0 radical (unpaired) electrons. The highest BCUT2D eigenvalue weighted by Crippen LogP contribution is 2.39. The molecule has 156 valence electrons. The number of ether oxygens (including phenoxy) is 1. The van der Waals surface area contributed by atoms with Crippen LogP contribution in [0.2, 0.25) is 5.02 Å². The van der Waals surface area contributed by atoms with Crippen LogP contribution < -0.4 is 9.64 Å². The molecule has 1 fully saturated rings. The van der Waals surface area contributed by atoms with Crippen molar-refractivity contribution in [3.8, 4) is 5.75 Å². The Balaban J connectivity index is 1.51. The van der Waals surface area contributed by atoms with E-state index in [1.54, 1.807) is 15.9 Å². The van der Waals surface area contributed by atoms with E-state index in [0.29, 0.717) is 37.6 Å². The van der Waals surface area contributed by atoms with Gasteiger partial charge in [-0.2, -0.15) is 13.2 Å². The molecule has 0 spiro atoms. The van der Waals surface area contributed by atoms with Crippen molar-refractivity contribution >= 4 is 23.2 Å². The molecule has 0 saturated carbocycles. The molecule has 1 aliphatic rings. The molecule has 2 aromatic carbocycles. The number of anilines is 1. The molecule has 0 aliphatic carbocycles. The topological polar surface area (TPSA) is 32.8 Å². The van der Waals surface area contributed by atoms with Crippen LogP contribution in [-0.4, -0.2) is 43.6 Å². The summed E-state index contributed by atoms with van der Waals surface area (Å²) >= 11 is 5.98. The van der Waals surface area contributed by atoms with Crippen LogP contribution in [0.25, 0.3) is 0 Å². The molecule has 29 heavy (non-hydrogen) atoms. The average molecular weight is 431 g/mol. The summed E-state index contributed by atoms with van der Waals surface area (Å²) in [4.78, 5) is 15.7. The number of hydrogen-bond donors (Lipinski definition) is 0. The van der Waals surface area contributed by atoms with Crippen LogP contribution in [0.4, 0.5) is 23.2 Å². The Bertz CT molecular complexity index is 851. The third-order valence-electron chi connectivity index (χ3n) is 4.66. The molecule has 1 heterocycles. The summed E-state index contributed by atoms with van der Waals surface area (Å²) in [5, 5.41) is -0.326. The van der Waals surface area contributed by atoms with Gasteiger partial charge in [0.05, 0.1) is 29.3 Å². The van der Waals surface area contributed by atoms with E-state index in [-0.39, 0.29) is 29.8 Å². The summed E-state index contributed by atoms with van der Waals surface area (Å²) in [5.74, 6) is -0.00252. The van der Waals surface area contributed by atoms with E-state index >= 15 is 0 Å². The summed E-state index contributed by atoms with van der Waals surface area (Å²) in [6.07, 6.45) is -4.36. The molecule has 1 aliphatic heterocycles. The Labute approximate surface area is 170 Å². The third kappa shape index (κ3) is 5.32. The van der Waals surface area contributed by atoms with Crippen LogP contribution in [0.3, 0.4) is 0 Å². The number of alkyl halides is 3. The van der Waals surface area contributed by atoms with Crippen LogP contribution >= 0.6 is 11.6 Å². The quantitative estimate of drug-likeness (QED) is 0.649. The molecule has 4 nitrogen and oxygen atoms in total. The van der Waals surface area contributed by atoms with Crippen molar-refractivity contribution in [1.29, 1.82) is 0 Å². The van der Waals surface area contributed by atoms with Gasteiger partial charge >= 0.3 is 6.18 Å². The number of halogens is 5. The SMILES string of the molecule is O=C(CCOc1ccc(F)cc1)N1CCN(c2cccc(C(F)(F)F)c2Cl)CC1. The zero-order valence-electron chi connectivity index (χ0n) is 15.4. The van der Waals surface area contributed by atoms with Crippen LogP contribution in [0.5, 0.6) is 5.75 Å². The molecule has 0 N–H and O–H groups in total. The van der Waals surface area contributed by atoms with E-state index in [9.17, 15) is 22.4 Å². The summed E-state index contributed by atoms with van der Waals surface area (Å²) in [5.41, 5.74) is -0.554. The zero-order valence-corrected chi connectivity index (χ0v) is 16.1. The normalized spacial score (nSPS) is 14.8. The molecular weight excluding hydrogens is 412 g/mol. The summed E-state index contributed by atoms with van der Waals surface area (Å²) < 4.78 is 57.4. The highest BCUT2D eigenvalue weighted by Gasteiger charge is 2.35. The van der Waals surface area contributed by atoms with Crippen molar-refractivity contribution < 1.29 is 27.1 Å². The lowest BCUT2D eigenvalue weighted by atomic mass is 10.1. The number of carbonyl (C=O) groups excluding carboxylic acids is 1. The maximum absolute atomic E-state index is 13.0. The zero-order chi connectivity index (χ0) is 21.0. The van der Waals surface area contributed by atoms with E-state index in [1.165, 1.54) is 30.3 Å². The third-order valence-corrected chi connectivity index (χ3v) is 5.05. The van der Waals surface area contributed by atoms with E-state index in [2.05, 4.69) is 0 Å². The number of carbonyl (C=O) groups is 1. The molecular formula is C20H19ClF4N2O2. The van der Waals surface area contributed by atoms with Crippen molar-refractivity contribution in [2.45, 2.75) is 12.6 Å². The van der Waals surface area contributed by atoms with Gasteiger partial charge in [0.2, 0.25) is 5.91 Å². The molecule has 9 heteroatoms. The van der Waals surface area contributed by atoms with Crippen molar-refractivity contribution in [2.75, 3.05) is 37.7 Å². The van der Waals surface area contributed by atoms with Gasteiger partial charge in [-0.05, 0) is 36.4 Å². The highest BCUT2D eigenvalue weighted by atomic mass is 35.5. The van der Waals surface area contributed by atoms with Crippen LogP contribution in [0, 0.1) is 5.82 Å². The minimum atomic E-state index is -4.52. The van der Waals surface area contributed by atoms with Gasteiger partial charge in [0.25, 0.3) is 0 Å². The van der Waals surface area contributed by atoms with Gasteiger partial charge in [-0.25, -0.2) is 4.39 Å².